The fourth-order valence-corrected chi connectivity index (χ4v) is 1.19. The van der Waals surface area contributed by atoms with Crippen molar-refractivity contribution in [1.82, 2.24) is 0 Å². The van der Waals surface area contributed by atoms with Crippen LogP contribution in [0.5, 0.6) is 11.5 Å². The molecule has 3 N–H and O–H groups in total. The van der Waals surface area contributed by atoms with Gasteiger partial charge in [0.1, 0.15) is 0 Å². The lowest BCUT2D eigenvalue weighted by Gasteiger charge is -2.03. The van der Waals surface area contributed by atoms with Gasteiger partial charge in [-0.3, -0.25) is 0 Å². The maximum absolute atomic E-state index is 11.2. The number of phenolic OH excluding ortho intramolecular Hbond substituents is 2. The summed E-state index contributed by atoms with van der Waals surface area (Å²) < 4.78 is 4.83. The molecule has 1 atom stereocenters. The van der Waals surface area contributed by atoms with E-state index in [1.54, 1.807) is 13.0 Å². The van der Waals surface area contributed by atoms with Gasteiger partial charge in [-0.2, -0.15) is 0 Å². The number of hydrogen-bond acceptors (Lipinski definition) is 5. The number of aromatic hydroxyl groups is 2. The second kappa shape index (κ2) is 6.66. The highest BCUT2D eigenvalue weighted by Crippen LogP contribution is 2.25. The van der Waals surface area contributed by atoms with Gasteiger partial charge in [-0.25, -0.2) is 4.79 Å². The maximum Gasteiger partial charge on any atom is 0.330 e. The molecule has 0 saturated heterocycles. The lowest BCUT2D eigenvalue weighted by atomic mass is 10.2. The van der Waals surface area contributed by atoms with Gasteiger partial charge in [0.2, 0.25) is 0 Å². The molecule has 1 rings (SSSR count). The van der Waals surface area contributed by atoms with Crippen molar-refractivity contribution in [2.45, 2.75) is 19.4 Å². The van der Waals surface area contributed by atoms with Crippen LogP contribution in [0.4, 0.5) is 0 Å². The van der Waals surface area contributed by atoms with Gasteiger partial charge in [0.25, 0.3) is 0 Å². The minimum atomic E-state index is -0.525. The van der Waals surface area contributed by atoms with Crippen LogP contribution < -0.4 is 0 Å². The first-order valence-corrected chi connectivity index (χ1v) is 5.54. The zero-order valence-corrected chi connectivity index (χ0v) is 10.0. The second-order valence-corrected chi connectivity index (χ2v) is 3.89. The minimum absolute atomic E-state index is 0.154. The summed E-state index contributed by atoms with van der Waals surface area (Å²) in [6.07, 6.45) is 2.56. The Balaban J connectivity index is 2.48. The number of carbonyl (C=O) groups is 1. The van der Waals surface area contributed by atoms with Gasteiger partial charge in [0.15, 0.2) is 11.5 Å². The maximum atomic E-state index is 11.2. The predicted molar refractivity (Wildman–Crippen MR) is 66.1 cm³/mol. The lowest BCUT2D eigenvalue weighted by Crippen LogP contribution is -2.08. The van der Waals surface area contributed by atoms with Crippen molar-refractivity contribution >= 4 is 12.0 Å². The van der Waals surface area contributed by atoms with E-state index in [1.165, 1.54) is 24.3 Å². The number of rotatable bonds is 5. The second-order valence-electron chi connectivity index (χ2n) is 3.89. The van der Waals surface area contributed by atoms with Crippen LogP contribution in [0, 0.1) is 0 Å². The zero-order valence-electron chi connectivity index (χ0n) is 10.0. The number of esters is 1. The van der Waals surface area contributed by atoms with Gasteiger partial charge >= 0.3 is 5.97 Å². The first-order valence-electron chi connectivity index (χ1n) is 5.54. The molecule has 98 valence electrons. The van der Waals surface area contributed by atoms with E-state index in [4.69, 9.17) is 14.9 Å². The molecule has 5 nitrogen and oxygen atoms in total. The number of carbonyl (C=O) groups excluding carboxylic acids is 1. The van der Waals surface area contributed by atoms with Crippen molar-refractivity contribution in [2.24, 2.45) is 0 Å². The third kappa shape index (κ3) is 4.88. The third-order valence-corrected chi connectivity index (χ3v) is 2.19. The summed E-state index contributed by atoms with van der Waals surface area (Å²) in [7, 11) is 0. The van der Waals surface area contributed by atoms with Crippen molar-refractivity contribution in [3.63, 3.8) is 0 Å². The summed E-state index contributed by atoms with van der Waals surface area (Å²) in [4.78, 5) is 11.2. The highest BCUT2D eigenvalue weighted by atomic mass is 16.5. The SMILES string of the molecule is CC(O)CCOC(=O)/C=C/c1ccc(O)c(O)c1. The van der Waals surface area contributed by atoms with E-state index in [9.17, 15) is 9.90 Å². The van der Waals surface area contributed by atoms with E-state index in [0.29, 0.717) is 12.0 Å². The van der Waals surface area contributed by atoms with Gasteiger partial charge in [-0.05, 0) is 30.7 Å². The van der Waals surface area contributed by atoms with Crippen molar-refractivity contribution in [2.75, 3.05) is 6.61 Å². The molecule has 1 unspecified atom stereocenters. The molecule has 0 saturated carbocycles. The molecule has 0 amide bonds. The Bertz CT molecular complexity index is 437. The van der Waals surface area contributed by atoms with Crippen LogP contribution in [-0.4, -0.2) is 34.0 Å². The van der Waals surface area contributed by atoms with Crippen molar-refractivity contribution in [3.05, 3.63) is 29.8 Å². The summed E-state index contributed by atoms with van der Waals surface area (Å²) in [5.74, 6) is -0.991. The van der Waals surface area contributed by atoms with E-state index in [2.05, 4.69) is 0 Å². The van der Waals surface area contributed by atoms with Crippen LogP contribution >= 0.6 is 0 Å². The Morgan fingerprint density at radius 2 is 2.11 bits per heavy atom. The Labute approximate surface area is 105 Å². The number of aliphatic hydroxyl groups excluding tert-OH is 1. The number of benzene rings is 1. The minimum Gasteiger partial charge on any atom is -0.504 e. The van der Waals surface area contributed by atoms with Gasteiger partial charge < -0.3 is 20.1 Å². The number of aliphatic hydroxyl groups is 1. The van der Waals surface area contributed by atoms with Crippen LogP contribution in [0.3, 0.4) is 0 Å². The molecule has 0 aliphatic carbocycles. The van der Waals surface area contributed by atoms with Gasteiger partial charge in [0.05, 0.1) is 12.7 Å². The number of phenols is 2. The standard InChI is InChI=1S/C13H16O5/c1-9(14)6-7-18-13(17)5-3-10-2-4-11(15)12(16)8-10/h2-5,8-9,14-16H,6-7H2,1H3/b5-3+. The molecule has 5 heteroatoms. The number of ether oxygens (including phenoxy) is 1. The Morgan fingerprint density at radius 1 is 1.39 bits per heavy atom. The molecule has 0 aliphatic heterocycles. The molecular formula is C13H16O5. The summed E-state index contributed by atoms with van der Waals surface area (Å²) in [6, 6.07) is 4.21. The first kappa shape index (κ1) is 14.1. The third-order valence-electron chi connectivity index (χ3n) is 2.19. The molecule has 0 radical (unpaired) electrons. The summed E-state index contributed by atoms with van der Waals surface area (Å²) in [6.45, 7) is 1.77. The van der Waals surface area contributed by atoms with E-state index < -0.39 is 12.1 Å². The molecule has 0 aromatic heterocycles. The van der Waals surface area contributed by atoms with Crippen LogP contribution in [0.2, 0.25) is 0 Å². The lowest BCUT2D eigenvalue weighted by molar-refractivity contribution is -0.138. The van der Waals surface area contributed by atoms with Gasteiger partial charge in [-0.1, -0.05) is 6.07 Å². The molecule has 0 fully saturated rings. The van der Waals surface area contributed by atoms with E-state index in [1.807, 2.05) is 0 Å². The highest BCUT2D eigenvalue weighted by molar-refractivity contribution is 5.87. The quantitative estimate of drug-likeness (QED) is 0.419. The largest absolute Gasteiger partial charge is 0.504 e. The fourth-order valence-electron chi connectivity index (χ4n) is 1.19. The highest BCUT2D eigenvalue weighted by Gasteiger charge is 2.01. The summed E-state index contributed by atoms with van der Waals surface area (Å²) in [5, 5.41) is 27.3. The van der Waals surface area contributed by atoms with Crippen LogP contribution in [0.15, 0.2) is 24.3 Å². The fraction of sp³-hybridized carbons (Fsp3) is 0.308. The zero-order chi connectivity index (χ0) is 13.5. The van der Waals surface area contributed by atoms with Gasteiger partial charge in [-0.15, -0.1) is 0 Å². The topological polar surface area (TPSA) is 87.0 Å². The molecule has 0 spiro atoms. The Morgan fingerprint density at radius 3 is 2.72 bits per heavy atom. The smallest absolute Gasteiger partial charge is 0.330 e. The average molecular weight is 252 g/mol. The van der Waals surface area contributed by atoms with Gasteiger partial charge in [0, 0.05) is 12.5 Å². The van der Waals surface area contributed by atoms with Crippen molar-refractivity contribution in [1.29, 1.82) is 0 Å². The molecule has 1 aromatic rings. The van der Waals surface area contributed by atoms with E-state index in [0.717, 1.165) is 0 Å². The van der Waals surface area contributed by atoms with Crippen LogP contribution in [0.25, 0.3) is 6.08 Å². The predicted octanol–water partition coefficient (Wildman–Crippen LogP) is 1.43. The molecule has 0 bridgehead atoms. The Kier molecular flexibility index (Phi) is 5.20. The van der Waals surface area contributed by atoms with Crippen LogP contribution in [0.1, 0.15) is 18.9 Å². The summed E-state index contributed by atoms with van der Waals surface area (Å²) >= 11 is 0. The average Bonchev–Trinajstić information content (AvgIpc) is 2.30. The van der Waals surface area contributed by atoms with Crippen LogP contribution in [-0.2, 0) is 9.53 Å². The molecule has 18 heavy (non-hydrogen) atoms. The normalized spacial score (nSPS) is 12.6. The monoisotopic (exact) mass is 252 g/mol. The van der Waals surface area contributed by atoms with E-state index in [-0.39, 0.29) is 18.1 Å². The first-order chi connectivity index (χ1) is 8.49. The van der Waals surface area contributed by atoms with E-state index >= 15 is 0 Å². The van der Waals surface area contributed by atoms with Crippen molar-refractivity contribution in [3.8, 4) is 11.5 Å². The molecule has 1 aromatic carbocycles. The summed E-state index contributed by atoms with van der Waals surface area (Å²) in [5.41, 5.74) is 0.567. The molecule has 0 heterocycles. The molecular weight excluding hydrogens is 236 g/mol. The molecule has 0 aliphatic rings. The van der Waals surface area contributed by atoms with Crippen molar-refractivity contribution < 1.29 is 24.9 Å². The Hall–Kier alpha value is -2.01. The number of hydrogen-bond donors (Lipinski definition) is 3.